The zero-order chi connectivity index (χ0) is 11.2. The van der Waals surface area contributed by atoms with Crippen LogP contribution in [0, 0.1) is 0 Å². The molecular weight excluding hydrogens is 208 g/mol. The fraction of sp³-hybridized carbons (Fsp3) is 0.909. The quantitative estimate of drug-likeness (QED) is 0.694. The monoisotopic (exact) mass is 228 g/mol. The number of amides is 1. The lowest BCUT2D eigenvalue weighted by Gasteiger charge is -2.26. The highest BCUT2D eigenvalue weighted by molar-refractivity contribution is 5.81. The van der Waals surface area contributed by atoms with Crippen molar-refractivity contribution in [1.82, 2.24) is 10.6 Å². The SMILES string of the molecule is O=C(NCC1COCCO1)C1CCCCN1. The van der Waals surface area contributed by atoms with E-state index in [0.717, 1.165) is 19.4 Å². The van der Waals surface area contributed by atoms with Crippen LogP contribution in [0.4, 0.5) is 0 Å². The third-order valence-electron chi connectivity index (χ3n) is 3.02. The second-order valence-electron chi connectivity index (χ2n) is 4.32. The van der Waals surface area contributed by atoms with Crippen molar-refractivity contribution in [2.24, 2.45) is 0 Å². The lowest BCUT2D eigenvalue weighted by Crippen LogP contribution is -2.49. The molecule has 2 aliphatic rings. The Bertz CT molecular complexity index is 223. The number of piperidine rings is 1. The van der Waals surface area contributed by atoms with Gasteiger partial charge in [-0.3, -0.25) is 4.79 Å². The van der Waals surface area contributed by atoms with E-state index in [-0.39, 0.29) is 18.1 Å². The lowest BCUT2D eigenvalue weighted by atomic mass is 10.0. The molecule has 0 spiro atoms. The Labute approximate surface area is 95.9 Å². The standard InChI is InChI=1S/C11H20N2O3/c14-11(10-3-1-2-4-12-10)13-7-9-8-15-5-6-16-9/h9-10,12H,1-8H2,(H,13,14). The van der Waals surface area contributed by atoms with Gasteiger partial charge in [-0.2, -0.15) is 0 Å². The fourth-order valence-electron chi connectivity index (χ4n) is 2.07. The van der Waals surface area contributed by atoms with Gasteiger partial charge < -0.3 is 20.1 Å². The first-order valence-electron chi connectivity index (χ1n) is 6.07. The molecule has 2 aliphatic heterocycles. The molecule has 0 aromatic rings. The molecule has 5 nitrogen and oxygen atoms in total. The summed E-state index contributed by atoms with van der Waals surface area (Å²) < 4.78 is 10.7. The molecule has 0 aromatic heterocycles. The summed E-state index contributed by atoms with van der Waals surface area (Å²) in [5.74, 6) is 0.0915. The first-order chi connectivity index (χ1) is 7.86. The van der Waals surface area contributed by atoms with E-state index in [1.165, 1.54) is 6.42 Å². The molecule has 16 heavy (non-hydrogen) atoms. The number of hydrogen-bond acceptors (Lipinski definition) is 4. The molecule has 2 rings (SSSR count). The zero-order valence-electron chi connectivity index (χ0n) is 9.54. The van der Waals surface area contributed by atoms with Crippen molar-refractivity contribution in [3.05, 3.63) is 0 Å². The molecule has 2 N–H and O–H groups in total. The van der Waals surface area contributed by atoms with Gasteiger partial charge in [0.05, 0.1) is 32.0 Å². The maximum atomic E-state index is 11.8. The van der Waals surface area contributed by atoms with Gasteiger partial charge >= 0.3 is 0 Å². The Balaban J connectivity index is 1.65. The average Bonchev–Trinajstić information content (AvgIpc) is 2.38. The maximum Gasteiger partial charge on any atom is 0.237 e. The Hall–Kier alpha value is -0.650. The maximum absolute atomic E-state index is 11.8. The summed E-state index contributed by atoms with van der Waals surface area (Å²) in [4.78, 5) is 11.8. The van der Waals surface area contributed by atoms with E-state index < -0.39 is 0 Å². The molecule has 0 saturated carbocycles. The van der Waals surface area contributed by atoms with Crippen LogP contribution in [0.1, 0.15) is 19.3 Å². The molecule has 0 bridgehead atoms. The third kappa shape index (κ3) is 3.43. The van der Waals surface area contributed by atoms with Gasteiger partial charge in [0, 0.05) is 6.54 Å². The van der Waals surface area contributed by atoms with E-state index in [0.29, 0.717) is 26.4 Å². The largest absolute Gasteiger partial charge is 0.376 e. The number of carbonyl (C=O) groups excluding carboxylic acids is 1. The second kappa shape index (κ2) is 6.18. The Morgan fingerprint density at radius 2 is 2.31 bits per heavy atom. The second-order valence-corrected chi connectivity index (χ2v) is 4.32. The van der Waals surface area contributed by atoms with E-state index in [4.69, 9.17) is 9.47 Å². The highest BCUT2D eigenvalue weighted by Gasteiger charge is 2.22. The molecule has 2 heterocycles. The van der Waals surface area contributed by atoms with Gasteiger partial charge in [-0.05, 0) is 19.4 Å². The molecule has 92 valence electrons. The first-order valence-corrected chi connectivity index (χ1v) is 6.07. The van der Waals surface area contributed by atoms with Crippen molar-refractivity contribution in [2.45, 2.75) is 31.4 Å². The van der Waals surface area contributed by atoms with E-state index in [1.54, 1.807) is 0 Å². The van der Waals surface area contributed by atoms with Crippen molar-refractivity contribution >= 4 is 5.91 Å². The fourth-order valence-corrected chi connectivity index (χ4v) is 2.07. The summed E-state index contributed by atoms with van der Waals surface area (Å²) in [6.07, 6.45) is 3.26. The number of nitrogens with one attached hydrogen (secondary N) is 2. The molecule has 0 radical (unpaired) electrons. The van der Waals surface area contributed by atoms with E-state index in [1.807, 2.05) is 0 Å². The van der Waals surface area contributed by atoms with Crippen LogP contribution in [-0.4, -0.2) is 51.0 Å². The van der Waals surface area contributed by atoms with Crippen LogP contribution in [0.2, 0.25) is 0 Å². The van der Waals surface area contributed by atoms with Gasteiger partial charge in [-0.25, -0.2) is 0 Å². The highest BCUT2D eigenvalue weighted by atomic mass is 16.6. The lowest BCUT2D eigenvalue weighted by molar-refractivity contribution is -0.126. The molecule has 0 aliphatic carbocycles. The van der Waals surface area contributed by atoms with E-state index >= 15 is 0 Å². The predicted molar refractivity (Wildman–Crippen MR) is 59.2 cm³/mol. The van der Waals surface area contributed by atoms with Gasteiger partial charge in [0.15, 0.2) is 0 Å². The molecule has 1 amide bonds. The molecule has 2 unspecified atom stereocenters. The van der Waals surface area contributed by atoms with Crippen LogP contribution in [0.15, 0.2) is 0 Å². The summed E-state index contributed by atoms with van der Waals surface area (Å²) in [6.45, 7) is 3.37. The number of hydrogen-bond donors (Lipinski definition) is 2. The van der Waals surface area contributed by atoms with Crippen LogP contribution in [0.5, 0.6) is 0 Å². The smallest absolute Gasteiger partial charge is 0.237 e. The third-order valence-corrected chi connectivity index (χ3v) is 3.02. The molecule has 2 atom stereocenters. The van der Waals surface area contributed by atoms with Gasteiger partial charge in [0.2, 0.25) is 5.91 Å². The molecule has 2 saturated heterocycles. The van der Waals surface area contributed by atoms with E-state index in [9.17, 15) is 4.79 Å². The Morgan fingerprint density at radius 3 is 3.00 bits per heavy atom. The van der Waals surface area contributed by atoms with Crippen molar-refractivity contribution in [2.75, 3.05) is 32.9 Å². The molecular formula is C11H20N2O3. The number of ether oxygens (including phenoxy) is 2. The summed E-state index contributed by atoms with van der Waals surface area (Å²) in [5, 5.41) is 6.14. The number of carbonyl (C=O) groups is 1. The topological polar surface area (TPSA) is 59.6 Å². The van der Waals surface area contributed by atoms with Gasteiger partial charge in [0.25, 0.3) is 0 Å². The minimum atomic E-state index is -0.0155. The summed E-state index contributed by atoms with van der Waals surface area (Å²) in [6, 6.07) is -0.0155. The zero-order valence-corrected chi connectivity index (χ0v) is 9.54. The van der Waals surface area contributed by atoms with Gasteiger partial charge in [-0.1, -0.05) is 6.42 Å². The molecule has 0 aromatic carbocycles. The average molecular weight is 228 g/mol. The van der Waals surface area contributed by atoms with Crippen LogP contribution in [0.25, 0.3) is 0 Å². The van der Waals surface area contributed by atoms with Gasteiger partial charge in [0.1, 0.15) is 0 Å². The van der Waals surface area contributed by atoms with Crippen LogP contribution in [-0.2, 0) is 14.3 Å². The summed E-state index contributed by atoms with van der Waals surface area (Å²) >= 11 is 0. The van der Waals surface area contributed by atoms with Crippen molar-refractivity contribution in [1.29, 1.82) is 0 Å². The Morgan fingerprint density at radius 1 is 1.38 bits per heavy atom. The van der Waals surface area contributed by atoms with Gasteiger partial charge in [-0.15, -0.1) is 0 Å². The predicted octanol–water partition coefficient (Wildman–Crippen LogP) is -0.340. The Kier molecular flexibility index (Phi) is 4.56. The van der Waals surface area contributed by atoms with Crippen LogP contribution >= 0.6 is 0 Å². The van der Waals surface area contributed by atoms with Crippen molar-refractivity contribution in [3.63, 3.8) is 0 Å². The number of rotatable bonds is 3. The highest BCUT2D eigenvalue weighted by Crippen LogP contribution is 2.07. The van der Waals surface area contributed by atoms with Crippen molar-refractivity contribution < 1.29 is 14.3 Å². The van der Waals surface area contributed by atoms with Crippen molar-refractivity contribution in [3.8, 4) is 0 Å². The minimum absolute atomic E-state index is 0.0151. The molecule has 2 fully saturated rings. The van der Waals surface area contributed by atoms with E-state index in [2.05, 4.69) is 10.6 Å². The first kappa shape index (κ1) is 11.8. The summed E-state index contributed by atoms with van der Waals surface area (Å²) in [7, 11) is 0. The minimum Gasteiger partial charge on any atom is -0.376 e. The van der Waals surface area contributed by atoms with Crippen LogP contribution in [0.3, 0.4) is 0 Å². The normalized spacial score (nSPS) is 31.0. The molecule has 5 heteroatoms. The summed E-state index contributed by atoms with van der Waals surface area (Å²) in [5.41, 5.74) is 0. The van der Waals surface area contributed by atoms with Crippen LogP contribution < -0.4 is 10.6 Å².